The zero-order chi connectivity index (χ0) is 10.8. The van der Waals surface area contributed by atoms with Gasteiger partial charge in [-0.15, -0.1) is 0 Å². The summed E-state index contributed by atoms with van der Waals surface area (Å²) in [5.74, 6) is 1.80. The number of nitrogens with zero attached hydrogens (tertiary/aromatic N) is 2. The van der Waals surface area contributed by atoms with Crippen molar-refractivity contribution in [3.05, 3.63) is 18.0 Å². The molecule has 1 aromatic heterocycles. The van der Waals surface area contributed by atoms with E-state index in [1.54, 1.807) is 0 Å². The molecule has 0 radical (unpaired) electrons. The van der Waals surface area contributed by atoms with Crippen molar-refractivity contribution in [2.24, 2.45) is 18.9 Å². The maximum Gasteiger partial charge on any atom is 0.0547 e. The van der Waals surface area contributed by atoms with Crippen LogP contribution in [0.25, 0.3) is 0 Å². The minimum Gasteiger partial charge on any atom is -0.309 e. The number of hydrogen-bond acceptors (Lipinski definition) is 2. The molecule has 0 amide bonds. The van der Waals surface area contributed by atoms with Crippen LogP contribution in [0.1, 0.15) is 38.4 Å². The van der Waals surface area contributed by atoms with E-state index in [1.165, 1.54) is 18.5 Å². The Morgan fingerprint density at radius 2 is 2.27 bits per heavy atom. The first-order valence-corrected chi connectivity index (χ1v) is 5.89. The van der Waals surface area contributed by atoms with Crippen LogP contribution in [0, 0.1) is 11.8 Å². The molecule has 0 aromatic carbocycles. The van der Waals surface area contributed by atoms with E-state index in [1.807, 2.05) is 17.9 Å². The second kappa shape index (κ2) is 4.35. The van der Waals surface area contributed by atoms with Gasteiger partial charge in [-0.05, 0) is 44.2 Å². The monoisotopic (exact) mass is 207 g/mol. The molecular formula is C12H21N3. The van der Waals surface area contributed by atoms with Gasteiger partial charge in [0, 0.05) is 19.3 Å². The molecule has 1 aromatic rings. The molecular weight excluding hydrogens is 186 g/mol. The molecule has 0 saturated heterocycles. The highest BCUT2D eigenvalue weighted by Crippen LogP contribution is 2.36. The molecule has 15 heavy (non-hydrogen) atoms. The molecule has 0 bridgehead atoms. The summed E-state index contributed by atoms with van der Waals surface area (Å²) in [5, 5.41) is 7.78. The van der Waals surface area contributed by atoms with E-state index in [2.05, 4.69) is 30.3 Å². The Morgan fingerprint density at radius 1 is 1.53 bits per heavy atom. The van der Waals surface area contributed by atoms with Crippen LogP contribution < -0.4 is 5.32 Å². The van der Waals surface area contributed by atoms with Gasteiger partial charge in [0.2, 0.25) is 0 Å². The van der Waals surface area contributed by atoms with Crippen molar-refractivity contribution >= 4 is 0 Å². The highest BCUT2D eigenvalue weighted by Gasteiger charge is 2.27. The highest BCUT2D eigenvalue weighted by molar-refractivity contribution is 5.05. The summed E-state index contributed by atoms with van der Waals surface area (Å²) in [5.41, 5.74) is 1.26. The van der Waals surface area contributed by atoms with Crippen molar-refractivity contribution < 1.29 is 0 Å². The zero-order valence-electron chi connectivity index (χ0n) is 9.90. The predicted molar refractivity (Wildman–Crippen MR) is 61.5 cm³/mol. The Balaban J connectivity index is 1.81. The molecule has 2 rings (SSSR count). The molecule has 1 aliphatic rings. The number of aryl methyl sites for hydroxylation is 1. The smallest absolute Gasteiger partial charge is 0.0547 e. The van der Waals surface area contributed by atoms with E-state index in [4.69, 9.17) is 0 Å². The van der Waals surface area contributed by atoms with Gasteiger partial charge in [0.25, 0.3) is 0 Å². The van der Waals surface area contributed by atoms with Gasteiger partial charge in [-0.1, -0.05) is 6.92 Å². The van der Waals surface area contributed by atoms with Crippen LogP contribution in [-0.2, 0) is 7.05 Å². The fraction of sp³-hybridized carbons (Fsp3) is 0.750. The zero-order valence-corrected chi connectivity index (χ0v) is 9.90. The number of nitrogens with one attached hydrogen (secondary N) is 1. The Kier molecular flexibility index (Phi) is 3.10. The van der Waals surface area contributed by atoms with E-state index >= 15 is 0 Å². The van der Waals surface area contributed by atoms with Crippen LogP contribution >= 0.6 is 0 Å². The van der Waals surface area contributed by atoms with Gasteiger partial charge in [0.05, 0.1) is 5.69 Å². The SMILES string of the molecule is CC(NCC(C)C1CC1)c1ccnn1C. The van der Waals surface area contributed by atoms with Gasteiger partial charge in [-0.25, -0.2) is 0 Å². The lowest BCUT2D eigenvalue weighted by molar-refractivity contribution is 0.422. The summed E-state index contributed by atoms with van der Waals surface area (Å²) in [6, 6.07) is 2.48. The van der Waals surface area contributed by atoms with Gasteiger partial charge in [0.1, 0.15) is 0 Å². The third kappa shape index (κ3) is 2.59. The van der Waals surface area contributed by atoms with Crippen molar-refractivity contribution in [3.63, 3.8) is 0 Å². The molecule has 1 fully saturated rings. The average Bonchev–Trinajstić information content (AvgIpc) is 2.98. The topological polar surface area (TPSA) is 29.9 Å². The Labute approximate surface area is 91.9 Å². The van der Waals surface area contributed by atoms with Crippen molar-refractivity contribution in [1.29, 1.82) is 0 Å². The quantitative estimate of drug-likeness (QED) is 0.801. The van der Waals surface area contributed by atoms with E-state index in [-0.39, 0.29) is 0 Å². The summed E-state index contributed by atoms with van der Waals surface area (Å²) >= 11 is 0. The molecule has 2 unspecified atom stereocenters. The minimum absolute atomic E-state index is 0.402. The van der Waals surface area contributed by atoms with Crippen molar-refractivity contribution in [2.45, 2.75) is 32.7 Å². The van der Waals surface area contributed by atoms with Crippen molar-refractivity contribution in [1.82, 2.24) is 15.1 Å². The molecule has 1 saturated carbocycles. The van der Waals surface area contributed by atoms with Crippen LogP contribution in [0.2, 0.25) is 0 Å². The molecule has 1 N–H and O–H groups in total. The molecule has 84 valence electrons. The third-order valence-corrected chi connectivity index (χ3v) is 3.48. The standard InChI is InChI=1S/C12H21N3/c1-9(11-4-5-11)8-13-10(2)12-6-7-14-15(12)3/h6-7,9-11,13H,4-5,8H2,1-3H3. The average molecular weight is 207 g/mol. The van der Waals surface area contributed by atoms with Crippen molar-refractivity contribution in [3.8, 4) is 0 Å². The maximum absolute atomic E-state index is 4.19. The first-order chi connectivity index (χ1) is 7.18. The summed E-state index contributed by atoms with van der Waals surface area (Å²) in [6.07, 6.45) is 4.73. The summed E-state index contributed by atoms with van der Waals surface area (Å²) in [4.78, 5) is 0. The summed E-state index contributed by atoms with van der Waals surface area (Å²) in [6.45, 7) is 5.67. The number of aromatic nitrogens is 2. The predicted octanol–water partition coefficient (Wildman–Crippen LogP) is 2.12. The summed E-state index contributed by atoms with van der Waals surface area (Å²) < 4.78 is 1.94. The van der Waals surface area contributed by atoms with E-state index in [9.17, 15) is 0 Å². The second-order valence-corrected chi connectivity index (χ2v) is 4.82. The van der Waals surface area contributed by atoms with Gasteiger partial charge in [-0.2, -0.15) is 5.10 Å². The van der Waals surface area contributed by atoms with E-state index < -0.39 is 0 Å². The lowest BCUT2D eigenvalue weighted by Gasteiger charge is -2.17. The van der Waals surface area contributed by atoms with Gasteiger partial charge in [-0.3, -0.25) is 4.68 Å². The van der Waals surface area contributed by atoms with Crippen LogP contribution in [-0.4, -0.2) is 16.3 Å². The van der Waals surface area contributed by atoms with E-state index in [0.717, 1.165) is 18.4 Å². The lowest BCUT2D eigenvalue weighted by atomic mass is 10.1. The first kappa shape index (κ1) is 10.7. The largest absolute Gasteiger partial charge is 0.309 e. The fourth-order valence-electron chi connectivity index (χ4n) is 2.11. The molecule has 2 atom stereocenters. The maximum atomic E-state index is 4.19. The number of rotatable bonds is 5. The van der Waals surface area contributed by atoms with Crippen LogP contribution in [0.5, 0.6) is 0 Å². The Hall–Kier alpha value is -0.830. The normalized spacial score (nSPS) is 20.2. The minimum atomic E-state index is 0.402. The van der Waals surface area contributed by atoms with Crippen LogP contribution in [0.4, 0.5) is 0 Å². The third-order valence-electron chi connectivity index (χ3n) is 3.48. The molecule has 3 heteroatoms. The van der Waals surface area contributed by atoms with Gasteiger partial charge >= 0.3 is 0 Å². The van der Waals surface area contributed by atoms with Crippen LogP contribution in [0.15, 0.2) is 12.3 Å². The second-order valence-electron chi connectivity index (χ2n) is 4.82. The lowest BCUT2D eigenvalue weighted by Crippen LogP contribution is -2.26. The summed E-state index contributed by atoms with van der Waals surface area (Å²) in [7, 11) is 2.00. The molecule has 0 aliphatic heterocycles. The number of hydrogen-bond donors (Lipinski definition) is 1. The van der Waals surface area contributed by atoms with Crippen molar-refractivity contribution in [2.75, 3.05) is 6.54 Å². The highest BCUT2D eigenvalue weighted by atomic mass is 15.3. The fourth-order valence-corrected chi connectivity index (χ4v) is 2.11. The molecule has 1 heterocycles. The molecule has 0 spiro atoms. The Morgan fingerprint density at radius 3 is 2.80 bits per heavy atom. The molecule has 3 nitrogen and oxygen atoms in total. The Bertz CT molecular complexity index is 314. The van der Waals surface area contributed by atoms with Gasteiger partial charge in [0.15, 0.2) is 0 Å². The van der Waals surface area contributed by atoms with E-state index in [0.29, 0.717) is 6.04 Å². The first-order valence-electron chi connectivity index (χ1n) is 5.89. The van der Waals surface area contributed by atoms with Gasteiger partial charge < -0.3 is 5.32 Å². The van der Waals surface area contributed by atoms with Crippen LogP contribution in [0.3, 0.4) is 0 Å². The molecule has 1 aliphatic carbocycles.